The van der Waals surface area contributed by atoms with E-state index in [-0.39, 0.29) is 6.71 Å². The topological polar surface area (TPSA) is 3.24 Å². The summed E-state index contributed by atoms with van der Waals surface area (Å²) in [5, 5.41) is 11.8. The number of rotatable bonds is 7. The lowest BCUT2D eigenvalue weighted by atomic mass is 9.36. The molecule has 0 saturated heterocycles. The summed E-state index contributed by atoms with van der Waals surface area (Å²) in [6.07, 6.45) is 0. The van der Waals surface area contributed by atoms with Gasteiger partial charge in [0.1, 0.15) is 0 Å². The van der Waals surface area contributed by atoms with Crippen LogP contribution in [0.1, 0.15) is 22.3 Å². The van der Waals surface area contributed by atoms with Gasteiger partial charge in [-0.05, 0) is 95.7 Å². The van der Waals surface area contributed by atoms with Gasteiger partial charge in [-0.2, -0.15) is 0 Å². The zero-order valence-corrected chi connectivity index (χ0v) is 33.5. The molecule has 9 aromatic rings. The van der Waals surface area contributed by atoms with Crippen molar-refractivity contribution in [2.24, 2.45) is 0 Å². The Morgan fingerprint density at radius 3 is 1.54 bits per heavy atom. The fourth-order valence-electron chi connectivity index (χ4n) is 9.01. The molecule has 3 heteroatoms. The molecule has 0 aliphatic rings. The average molecular weight is 712 g/mol. The summed E-state index contributed by atoms with van der Waals surface area (Å²) < 4.78 is 0. The van der Waals surface area contributed by atoms with Crippen molar-refractivity contribution in [2.75, 3.05) is 4.90 Å². The van der Waals surface area contributed by atoms with Gasteiger partial charge in [-0.15, -0.1) is 0 Å². The second kappa shape index (κ2) is 13.0. The van der Waals surface area contributed by atoms with Crippen LogP contribution in [0.2, 0.25) is 19.6 Å². The van der Waals surface area contributed by atoms with Crippen LogP contribution in [0, 0.1) is 27.7 Å². The van der Waals surface area contributed by atoms with Crippen molar-refractivity contribution in [1.82, 2.24) is 0 Å². The van der Waals surface area contributed by atoms with Crippen molar-refractivity contribution in [3.63, 3.8) is 0 Å². The zero-order chi connectivity index (χ0) is 37.3. The summed E-state index contributed by atoms with van der Waals surface area (Å²) in [6.45, 7) is 16.3. The van der Waals surface area contributed by atoms with Crippen molar-refractivity contribution >= 4 is 96.5 Å². The van der Waals surface area contributed by atoms with E-state index in [2.05, 4.69) is 204 Å². The Kier molecular flexibility index (Phi) is 8.25. The number of anilines is 3. The summed E-state index contributed by atoms with van der Waals surface area (Å²) in [5.41, 5.74) is 12.8. The standard InChI is InChI=1S/C51H46BNSi/c1-33-26-34(2)29-41(28-33)52(42-30-35(3)27-36(4)31-42)48-24-15-38-14-23-47-49(25-16-39-13-22-46(48)50(38)51(39)47)53(43-18-20-45(21-19-43)54(5,6)7)44-17-12-37-10-8-9-11-40(37)32-44/h8-32H,1-7H3. The monoisotopic (exact) mass is 711 g/mol. The largest absolute Gasteiger partial charge is 0.310 e. The fourth-order valence-corrected chi connectivity index (χ4v) is 10.2. The molecule has 0 amide bonds. The fraction of sp³-hybridized carbons (Fsp3) is 0.137. The van der Waals surface area contributed by atoms with Crippen LogP contribution >= 0.6 is 0 Å². The van der Waals surface area contributed by atoms with Crippen LogP contribution in [0.25, 0.3) is 43.1 Å². The quantitative estimate of drug-likeness (QED) is 0.118. The Morgan fingerprint density at radius 2 is 0.926 bits per heavy atom. The van der Waals surface area contributed by atoms with Crippen LogP contribution in [-0.2, 0) is 0 Å². The van der Waals surface area contributed by atoms with E-state index in [1.165, 1.54) is 98.3 Å². The molecule has 0 spiro atoms. The molecule has 0 heterocycles. The van der Waals surface area contributed by atoms with Gasteiger partial charge in [-0.3, -0.25) is 0 Å². The highest BCUT2D eigenvalue weighted by Crippen LogP contribution is 2.44. The first-order chi connectivity index (χ1) is 26.0. The van der Waals surface area contributed by atoms with E-state index in [9.17, 15) is 0 Å². The minimum Gasteiger partial charge on any atom is -0.310 e. The molecule has 0 atom stereocenters. The predicted molar refractivity (Wildman–Crippen MR) is 242 cm³/mol. The second-order valence-electron chi connectivity index (χ2n) is 16.6. The van der Waals surface area contributed by atoms with Gasteiger partial charge in [0, 0.05) is 16.8 Å². The second-order valence-corrected chi connectivity index (χ2v) is 21.7. The van der Waals surface area contributed by atoms with Crippen molar-refractivity contribution in [2.45, 2.75) is 47.3 Å². The average Bonchev–Trinajstić information content (AvgIpc) is 3.14. The molecule has 0 saturated carbocycles. The molecule has 0 unspecified atom stereocenters. The first kappa shape index (κ1) is 34.1. The summed E-state index contributed by atoms with van der Waals surface area (Å²) in [4.78, 5) is 2.47. The Morgan fingerprint density at radius 1 is 0.426 bits per heavy atom. The molecule has 54 heavy (non-hydrogen) atoms. The summed E-state index contributed by atoms with van der Waals surface area (Å²) in [7, 11) is -1.47. The Labute approximate surface area is 321 Å². The Bertz CT molecular complexity index is 2770. The molecule has 262 valence electrons. The molecule has 0 radical (unpaired) electrons. The number of hydrogen-bond donors (Lipinski definition) is 0. The van der Waals surface area contributed by atoms with Crippen LogP contribution in [-0.4, -0.2) is 14.8 Å². The van der Waals surface area contributed by atoms with E-state index >= 15 is 0 Å². The van der Waals surface area contributed by atoms with Gasteiger partial charge in [-0.25, -0.2) is 0 Å². The van der Waals surface area contributed by atoms with E-state index in [0.717, 1.165) is 5.69 Å². The van der Waals surface area contributed by atoms with Crippen molar-refractivity contribution in [3.8, 4) is 0 Å². The van der Waals surface area contributed by atoms with Crippen LogP contribution in [0.3, 0.4) is 0 Å². The smallest absolute Gasteiger partial charge is 0.242 e. The first-order valence-corrected chi connectivity index (χ1v) is 22.8. The van der Waals surface area contributed by atoms with Crippen LogP contribution < -0.4 is 26.5 Å². The van der Waals surface area contributed by atoms with E-state index < -0.39 is 8.07 Å². The van der Waals surface area contributed by atoms with E-state index in [4.69, 9.17) is 0 Å². The van der Waals surface area contributed by atoms with Crippen molar-refractivity contribution < 1.29 is 0 Å². The normalized spacial score (nSPS) is 12.0. The number of nitrogens with zero attached hydrogens (tertiary/aromatic N) is 1. The van der Waals surface area contributed by atoms with Crippen LogP contribution in [0.4, 0.5) is 17.1 Å². The maximum atomic E-state index is 2.47. The lowest BCUT2D eigenvalue weighted by Crippen LogP contribution is -2.52. The van der Waals surface area contributed by atoms with Gasteiger partial charge >= 0.3 is 0 Å². The molecule has 0 bridgehead atoms. The third-order valence-electron chi connectivity index (χ3n) is 11.4. The molecular formula is C51H46BNSi. The highest BCUT2D eigenvalue weighted by atomic mass is 28.3. The molecule has 0 fully saturated rings. The number of hydrogen-bond acceptors (Lipinski definition) is 1. The third-order valence-corrected chi connectivity index (χ3v) is 13.4. The number of benzene rings is 9. The van der Waals surface area contributed by atoms with Crippen LogP contribution in [0.15, 0.2) is 152 Å². The number of fused-ring (bicyclic) bond motifs is 1. The van der Waals surface area contributed by atoms with Gasteiger partial charge in [0.25, 0.3) is 0 Å². The highest BCUT2D eigenvalue weighted by molar-refractivity contribution is 6.97. The van der Waals surface area contributed by atoms with Crippen molar-refractivity contribution in [3.05, 3.63) is 174 Å². The maximum Gasteiger partial charge on any atom is 0.242 e. The third kappa shape index (κ3) is 5.97. The lowest BCUT2D eigenvalue weighted by Gasteiger charge is -2.29. The minimum absolute atomic E-state index is 0.102. The van der Waals surface area contributed by atoms with Gasteiger partial charge < -0.3 is 4.90 Å². The molecule has 0 aliphatic heterocycles. The first-order valence-electron chi connectivity index (χ1n) is 19.3. The zero-order valence-electron chi connectivity index (χ0n) is 32.5. The highest BCUT2D eigenvalue weighted by Gasteiger charge is 2.27. The van der Waals surface area contributed by atoms with E-state index in [1.807, 2.05) is 0 Å². The SMILES string of the molecule is Cc1cc(C)cc(B(c2cc(C)cc(C)c2)c2ccc3ccc4c(N(c5ccc([Si](C)(C)C)cc5)c5ccc6ccccc6c5)ccc5ccc2c3c54)c1. The van der Waals surface area contributed by atoms with Gasteiger partial charge in [-0.1, -0.05) is 185 Å². The summed E-state index contributed by atoms with van der Waals surface area (Å²) in [5.74, 6) is 0. The van der Waals surface area contributed by atoms with Gasteiger partial charge in [0.05, 0.1) is 13.8 Å². The summed E-state index contributed by atoms with van der Waals surface area (Å²) >= 11 is 0. The predicted octanol–water partition coefficient (Wildman–Crippen LogP) is 11.5. The Hall–Kier alpha value is -5.64. The number of aryl methyl sites for hydroxylation is 4. The van der Waals surface area contributed by atoms with Gasteiger partial charge in [0.15, 0.2) is 0 Å². The molecule has 9 aromatic carbocycles. The molecule has 0 aliphatic carbocycles. The summed E-state index contributed by atoms with van der Waals surface area (Å²) in [6, 6.07) is 57.9. The molecule has 0 aromatic heterocycles. The maximum absolute atomic E-state index is 2.47. The molecule has 0 N–H and O–H groups in total. The van der Waals surface area contributed by atoms with E-state index in [0.29, 0.717) is 0 Å². The van der Waals surface area contributed by atoms with Crippen molar-refractivity contribution in [1.29, 1.82) is 0 Å². The molecular weight excluding hydrogens is 665 g/mol. The minimum atomic E-state index is -1.47. The van der Waals surface area contributed by atoms with E-state index in [1.54, 1.807) is 0 Å². The lowest BCUT2D eigenvalue weighted by molar-refractivity contribution is 1.31. The van der Waals surface area contributed by atoms with Crippen LogP contribution in [0.5, 0.6) is 0 Å². The van der Waals surface area contributed by atoms with Gasteiger partial charge in [0.2, 0.25) is 6.71 Å². The molecule has 1 nitrogen and oxygen atoms in total. The Balaban J connectivity index is 1.31. The molecule has 9 rings (SSSR count).